The van der Waals surface area contributed by atoms with Crippen LogP contribution in [0.3, 0.4) is 0 Å². The molecule has 1 unspecified atom stereocenters. The molecule has 0 amide bonds. The summed E-state index contributed by atoms with van der Waals surface area (Å²) in [4.78, 5) is 8.04. The van der Waals surface area contributed by atoms with Gasteiger partial charge in [-0.05, 0) is 47.5 Å². The molecule has 0 saturated carbocycles. The highest BCUT2D eigenvalue weighted by Crippen LogP contribution is 2.35. The third-order valence-electron chi connectivity index (χ3n) is 4.35. The van der Waals surface area contributed by atoms with Gasteiger partial charge in [-0.3, -0.25) is 0 Å². The van der Waals surface area contributed by atoms with E-state index in [4.69, 9.17) is 77.0 Å². The van der Waals surface area contributed by atoms with Gasteiger partial charge >= 0.3 is 0 Å². The molecule has 12 heteroatoms. The molecule has 36 heavy (non-hydrogen) atoms. The highest BCUT2D eigenvalue weighted by molar-refractivity contribution is 6.36. The predicted molar refractivity (Wildman–Crippen MR) is 141 cm³/mol. The first-order valence-electron chi connectivity index (χ1n) is 10.2. The molecule has 0 aliphatic heterocycles. The fraction of sp³-hybridized carbons (Fsp3) is 0.292. The lowest BCUT2D eigenvalue weighted by Crippen LogP contribution is -2.05. The number of methoxy groups -OCH3 is 2. The molecule has 0 fully saturated rings. The number of pyridine rings is 2. The van der Waals surface area contributed by atoms with E-state index in [0.717, 1.165) is 11.1 Å². The number of aromatic nitrogens is 2. The molecule has 0 radical (unpaired) electrons. The van der Waals surface area contributed by atoms with E-state index in [-0.39, 0.29) is 25.3 Å². The van der Waals surface area contributed by atoms with Crippen molar-refractivity contribution in [1.82, 2.24) is 9.97 Å². The molecule has 0 aliphatic carbocycles. The van der Waals surface area contributed by atoms with Crippen LogP contribution >= 0.6 is 58.0 Å². The molecule has 192 valence electrons. The standard InChI is InChI=1S/C16H13Cl3N2O2.C8H9Cl2NO2/c1-22-9-23-8-10-5-14(21-15(19)6-10)11(7-20)16-12(17)3-2-4-13(16)18;1-12-5-13-4-6-2-7(9)11-8(10)3-6/h2-6,11H,8-9H2,1H3;2-3H,4-5H2,1H3. The summed E-state index contributed by atoms with van der Waals surface area (Å²) in [6, 6.07) is 14.1. The van der Waals surface area contributed by atoms with Crippen LogP contribution in [0.5, 0.6) is 0 Å². The number of hydrogen-bond donors (Lipinski definition) is 0. The lowest BCUT2D eigenvalue weighted by Gasteiger charge is -2.14. The number of benzene rings is 1. The molecule has 2 aromatic heterocycles. The van der Waals surface area contributed by atoms with Crippen LogP contribution in [0, 0.1) is 11.3 Å². The maximum Gasteiger partial charge on any atom is 0.146 e. The van der Waals surface area contributed by atoms with Crippen LogP contribution in [0.15, 0.2) is 42.5 Å². The monoisotopic (exact) mass is 591 g/mol. The Kier molecular flexibility index (Phi) is 13.7. The Bertz CT molecular complexity index is 1140. The smallest absolute Gasteiger partial charge is 0.146 e. The fourth-order valence-corrected chi connectivity index (χ4v) is 4.31. The van der Waals surface area contributed by atoms with Crippen LogP contribution in [-0.2, 0) is 32.2 Å². The minimum Gasteiger partial charge on any atom is -0.359 e. The van der Waals surface area contributed by atoms with E-state index in [2.05, 4.69) is 16.0 Å². The van der Waals surface area contributed by atoms with Crippen LogP contribution in [0.1, 0.15) is 28.3 Å². The van der Waals surface area contributed by atoms with Crippen LogP contribution in [-0.4, -0.2) is 37.8 Å². The van der Waals surface area contributed by atoms with Gasteiger partial charge in [0, 0.05) is 29.8 Å². The molecule has 0 aliphatic rings. The summed E-state index contributed by atoms with van der Waals surface area (Å²) in [6.07, 6.45) is 0. The molecule has 7 nitrogen and oxygen atoms in total. The third kappa shape index (κ3) is 9.98. The minimum atomic E-state index is -0.726. The highest BCUT2D eigenvalue weighted by atomic mass is 35.5. The van der Waals surface area contributed by atoms with E-state index in [9.17, 15) is 5.26 Å². The summed E-state index contributed by atoms with van der Waals surface area (Å²) in [5.41, 5.74) is 2.63. The van der Waals surface area contributed by atoms with Crippen molar-refractivity contribution in [3.05, 3.63) is 90.4 Å². The average Bonchev–Trinajstić information content (AvgIpc) is 2.81. The number of ether oxygens (including phenoxy) is 4. The maximum atomic E-state index is 9.58. The van der Waals surface area contributed by atoms with Gasteiger partial charge in [-0.2, -0.15) is 5.26 Å². The molecule has 0 N–H and O–H groups in total. The quantitative estimate of drug-likeness (QED) is 0.138. The van der Waals surface area contributed by atoms with Gasteiger partial charge in [0.1, 0.15) is 35.0 Å². The van der Waals surface area contributed by atoms with Crippen molar-refractivity contribution >= 4 is 58.0 Å². The summed E-state index contributed by atoms with van der Waals surface area (Å²) < 4.78 is 20.0. The van der Waals surface area contributed by atoms with Crippen molar-refractivity contribution in [2.45, 2.75) is 19.1 Å². The van der Waals surface area contributed by atoms with Crippen molar-refractivity contribution in [2.24, 2.45) is 0 Å². The molecule has 0 bridgehead atoms. The summed E-state index contributed by atoms with van der Waals surface area (Å²) in [5, 5.41) is 11.4. The number of nitrogens with zero attached hydrogens (tertiary/aromatic N) is 3. The van der Waals surface area contributed by atoms with E-state index in [0.29, 0.717) is 38.2 Å². The van der Waals surface area contributed by atoms with E-state index in [1.54, 1.807) is 49.6 Å². The third-order valence-corrected chi connectivity index (χ3v) is 5.59. The Hall–Kier alpha value is -1.70. The van der Waals surface area contributed by atoms with Gasteiger partial charge in [-0.1, -0.05) is 64.1 Å². The first kappa shape index (κ1) is 30.5. The zero-order valence-corrected chi connectivity index (χ0v) is 23.1. The predicted octanol–water partition coefficient (Wildman–Crippen LogP) is 7.33. The van der Waals surface area contributed by atoms with E-state index < -0.39 is 5.92 Å². The topological polar surface area (TPSA) is 86.5 Å². The Morgan fingerprint density at radius 2 is 1.25 bits per heavy atom. The number of halogens is 5. The van der Waals surface area contributed by atoms with Crippen molar-refractivity contribution < 1.29 is 18.9 Å². The summed E-state index contributed by atoms with van der Waals surface area (Å²) in [5.74, 6) is -0.726. The van der Waals surface area contributed by atoms with Gasteiger partial charge < -0.3 is 18.9 Å². The highest BCUT2D eigenvalue weighted by Gasteiger charge is 2.22. The lowest BCUT2D eigenvalue weighted by atomic mass is 9.95. The van der Waals surface area contributed by atoms with Crippen molar-refractivity contribution in [2.75, 3.05) is 27.8 Å². The normalized spacial score (nSPS) is 11.4. The molecule has 0 saturated heterocycles. The van der Waals surface area contributed by atoms with Crippen LogP contribution < -0.4 is 0 Å². The first-order valence-corrected chi connectivity index (χ1v) is 12.1. The molecule has 3 rings (SSSR count). The van der Waals surface area contributed by atoms with Crippen LogP contribution in [0.2, 0.25) is 25.5 Å². The summed E-state index contributed by atoms with van der Waals surface area (Å²) in [6.45, 7) is 1.11. The largest absolute Gasteiger partial charge is 0.359 e. The Labute approximate surface area is 234 Å². The Morgan fingerprint density at radius 3 is 1.72 bits per heavy atom. The average molecular weight is 594 g/mol. The zero-order chi connectivity index (χ0) is 26.5. The molecule has 1 aromatic carbocycles. The molecule has 0 spiro atoms. The van der Waals surface area contributed by atoms with Gasteiger partial charge in [0.2, 0.25) is 0 Å². The molecular weight excluding hydrogens is 572 g/mol. The van der Waals surface area contributed by atoms with Crippen molar-refractivity contribution in [1.29, 1.82) is 5.26 Å². The maximum absolute atomic E-state index is 9.58. The fourth-order valence-electron chi connectivity index (χ4n) is 2.95. The van der Waals surface area contributed by atoms with Crippen LogP contribution in [0.4, 0.5) is 0 Å². The summed E-state index contributed by atoms with van der Waals surface area (Å²) in [7, 11) is 3.10. The van der Waals surface area contributed by atoms with Gasteiger partial charge in [0.15, 0.2) is 0 Å². The Balaban J connectivity index is 0.000000297. The van der Waals surface area contributed by atoms with E-state index in [1.165, 1.54) is 7.11 Å². The minimum absolute atomic E-state index is 0.160. The van der Waals surface area contributed by atoms with E-state index >= 15 is 0 Å². The molecule has 3 aromatic rings. The zero-order valence-electron chi connectivity index (χ0n) is 19.3. The molecule has 2 heterocycles. The SMILES string of the molecule is COCOCc1cc(Cl)nc(C(C#N)c2c(Cl)cccc2Cl)c1.COCOCc1cc(Cl)nc(Cl)c1. The molecular formula is C24H22Cl5N3O4. The van der Waals surface area contributed by atoms with Gasteiger partial charge in [-0.15, -0.1) is 0 Å². The van der Waals surface area contributed by atoms with Crippen LogP contribution in [0.25, 0.3) is 0 Å². The number of rotatable bonds is 10. The van der Waals surface area contributed by atoms with Crippen molar-refractivity contribution in [3.8, 4) is 6.07 Å². The van der Waals surface area contributed by atoms with Gasteiger partial charge in [0.25, 0.3) is 0 Å². The lowest BCUT2D eigenvalue weighted by molar-refractivity contribution is -0.0391. The first-order chi connectivity index (χ1) is 17.3. The summed E-state index contributed by atoms with van der Waals surface area (Å²) >= 11 is 29.8. The van der Waals surface area contributed by atoms with Crippen molar-refractivity contribution in [3.63, 3.8) is 0 Å². The second-order valence-electron chi connectivity index (χ2n) is 7.05. The number of nitriles is 1. The second-order valence-corrected chi connectivity index (χ2v) is 9.03. The van der Waals surface area contributed by atoms with Gasteiger partial charge in [-0.25, -0.2) is 9.97 Å². The van der Waals surface area contributed by atoms with E-state index in [1.807, 2.05) is 0 Å². The number of hydrogen-bond acceptors (Lipinski definition) is 7. The second kappa shape index (κ2) is 16.2. The Morgan fingerprint density at radius 1 is 0.778 bits per heavy atom. The van der Waals surface area contributed by atoms with Gasteiger partial charge in [0.05, 0.1) is 25.0 Å². The molecule has 1 atom stereocenters.